The molecule has 0 unspecified atom stereocenters. The second-order valence-electron chi connectivity index (χ2n) is 19.3. The van der Waals surface area contributed by atoms with Crippen molar-refractivity contribution in [2.45, 2.75) is 251 Å². The lowest BCUT2D eigenvalue weighted by Crippen LogP contribution is -2.64. The summed E-state index contributed by atoms with van der Waals surface area (Å²) in [6, 6.07) is 6.17. The molecule has 3 rings (SSSR count). The SMILES string of the molecule is CCCCCCCCCCCCCCCCC(=O)NC(=O)C1(N2CCCCC2)CCN(CC/C=C(\OC(=O)CCCCCCCCCCCCCCCC)c2ccc(F)cc2)CC1. The van der Waals surface area contributed by atoms with Crippen molar-refractivity contribution in [1.29, 1.82) is 0 Å². The van der Waals surface area contributed by atoms with Crippen LogP contribution < -0.4 is 5.32 Å². The maximum absolute atomic E-state index is 14.0. The van der Waals surface area contributed by atoms with Crippen molar-refractivity contribution in [3.8, 4) is 0 Å². The highest BCUT2D eigenvalue weighted by atomic mass is 19.1. The molecule has 2 heterocycles. The highest BCUT2D eigenvalue weighted by Crippen LogP contribution is 2.33. The van der Waals surface area contributed by atoms with E-state index < -0.39 is 5.54 Å². The molecule has 63 heavy (non-hydrogen) atoms. The Morgan fingerprint density at radius 1 is 0.587 bits per heavy atom. The number of halogens is 1. The Kier molecular flexibility index (Phi) is 31.0. The van der Waals surface area contributed by atoms with Crippen LogP contribution in [0.5, 0.6) is 0 Å². The van der Waals surface area contributed by atoms with Crippen molar-refractivity contribution < 1.29 is 23.5 Å². The molecule has 8 heteroatoms. The second-order valence-corrected chi connectivity index (χ2v) is 19.3. The van der Waals surface area contributed by atoms with Crippen LogP contribution in [0.15, 0.2) is 30.3 Å². The second kappa shape index (κ2) is 35.7. The molecule has 2 aliphatic rings. The fraction of sp³-hybridized carbons (Fsp3) is 0.800. The number of amides is 2. The Labute approximate surface area is 385 Å². The van der Waals surface area contributed by atoms with Gasteiger partial charge in [-0.25, -0.2) is 4.39 Å². The van der Waals surface area contributed by atoms with Crippen molar-refractivity contribution in [1.82, 2.24) is 15.1 Å². The molecule has 0 bridgehead atoms. The van der Waals surface area contributed by atoms with Crippen LogP contribution in [-0.2, 0) is 19.1 Å². The number of hydrogen-bond donors (Lipinski definition) is 1. The minimum Gasteiger partial charge on any atom is -0.426 e. The fourth-order valence-corrected chi connectivity index (χ4v) is 9.79. The molecular weight excluding hydrogens is 786 g/mol. The lowest BCUT2D eigenvalue weighted by molar-refractivity contribution is -0.143. The van der Waals surface area contributed by atoms with Gasteiger partial charge in [0.25, 0.3) is 0 Å². The van der Waals surface area contributed by atoms with Gasteiger partial charge in [0.2, 0.25) is 11.8 Å². The zero-order valence-electron chi connectivity index (χ0n) is 40.8. The number of imide groups is 1. The molecule has 2 aliphatic heterocycles. The number of nitrogens with one attached hydrogen (secondary N) is 1. The van der Waals surface area contributed by atoms with Gasteiger partial charge in [-0.1, -0.05) is 187 Å². The summed E-state index contributed by atoms with van der Waals surface area (Å²) in [5, 5.41) is 2.87. The van der Waals surface area contributed by atoms with Crippen LogP contribution in [0.1, 0.15) is 251 Å². The first kappa shape index (κ1) is 54.8. The predicted octanol–water partition coefficient (Wildman–Crippen LogP) is 14.8. The Morgan fingerprint density at radius 2 is 1.02 bits per heavy atom. The Bertz CT molecular complexity index is 1350. The number of likely N-dealkylation sites (tertiary alicyclic amines) is 2. The third-order valence-electron chi connectivity index (χ3n) is 13.9. The smallest absolute Gasteiger partial charge is 0.311 e. The third kappa shape index (κ3) is 24.5. The number of benzene rings is 1. The van der Waals surface area contributed by atoms with Crippen LogP contribution in [0.2, 0.25) is 0 Å². The van der Waals surface area contributed by atoms with E-state index in [1.165, 1.54) is 160 Å². The monoisotopic (exact) mass is 880 g/mol. The average Bonchev–Trinajstić information content (AvgIpc) is 3.29. The predicted molar refractivity (Wildman–Crippen MR) is 262 cm³/mol. The number of piperidine rings is 2. The number of carbonyl (C=O) groups is 3. The van der Waals surface area contributed by atoms with Crippen molar-refractivity contribution >= 4 is 23.5 Å². The van der Waals surface area contributed by atoms with Gasteiger partial charge >= 0.3 is 5.97 Å². The quantitative estimate of drug-likeness (QED) is 0.0407. The normalized spacial score (nSPS) is 16.0. The summed E-state index contributed by atoms with van der Waals surface area (Å²) in [4.78, 5) is 44.8. The van der Waals surface area contributed by atoms with E-state index in [0.717, 1.165) is 84.1 Å². The van der Waals surface area contributed by atoms with Gasteiger partial charge in [-0.15, -0.1) is 0 Å². The van der Waals surface area contributed by atoms with Crippen LogP contribution in [0.3, 0.4) is 0 Å². The summed E-state index contributed by atoms with van der Waals surface area (Å²) in [6.07, 6.45) is 43.8. The third-order valence-corrected chi connectivity index (χ3v) is 13.9. The standard InChI is InChI=1S/C55H94FN3O4/c1-3-5-7-9-11-13-15-17-19-21-23-25-27-30-36-52(60)57-54(62)55(59-45-32-29-33-46-59)42-47-58(48-43-55)44-34-35-51(49-38-40-50(56)41-39-49)63-53(61)37-31-28-26-24-22-20-18-16-14-12-10-8-6-4-2/h35,38-41H,3-34,36-37,42-48H2,1-2H3,(H,57,60,62)/b51-35-. The van der Waals surface area contributed by atoms with Crippen LogP contribution in [0, 0.1) is 5.82 Å². The maximum Gasteiger partial charge on any atom is 0.311 e. The van der Waals surface area contributed by atoms with Gasteiger partial charge in [-0.05, 0) is 88.4 Å². The molecule has 0 saturated carbocycles. The lowest BCUT2D eigenvalue weighted by atomic mass is 9.83. The van der Waals surface area contributed by atoms with Gasteiger partial charge in [-0.3, -0.25) is 24.6 Å². The summed E-state index contributed by atoms with van der Waals surface area (Å²) in [6.45, 7) is 8.62. The van der Waals surface area contributed by atoms with E-state index in [4.69, 9.17) is 4.74 Å². The number of nitrogens with zero attached hydrogens (tertiary/aromatic N) is 2. The molecule has 7 nitrogen and oxygen atoms in total. The van der Waals surface area contributed by atoms with Gasteiger partial charge in [0.1, 0.15) is 17.1 Å². The molecule has 2 amide bonds. The Morgan fingerprint density at radius 3 is 1.48 bits per heavy atom. The zero-order valence-corrected chi connectivity index (χ0v) is 40.8. The van der Waals surface area contributed by atoms with E-state index in [2.05, 4.69) is 29.0 Å². The minimum atomic E-state index is -0.653. The number of carbonyl (C=O) groups excluding carboxylic acids is 3. The minimum absolute atomic E-state index is 0.108. The van der Waals surface area contributed by atoms with E-state index in [-0.39, 0.29) is 23.6 Å². The average molecular weight is 880 g/mol. The molecule has 0 atom stereocenters. The molecule has 0 aromatic heterocycles. The van der Waals surface area contributed by atoms with Gasteiger partial charge in [-0.2, -0.15) is 0 Å². The molecule has 2 saturated heterocycles. The summed E-state index contributed by atoms with van der Waals surface area (Å²) >= 11 is 0. The number of esters is 1. The highest BCUT2D eigenvalue weighted by molar-refractivity contribution is 6.00. The van der Waals surface area contributed by atoms with Gasteiger partial charge in [0.15, 0.2) is 0 Å². The van der Waals surface area contributed by atoms with Crippen LogP contribution in [0.4, 0.5) is 4.39 Å². The molecular formula is C55H94FN3O4. The number of hydrogen-bond acceptors (Lipinski definition) is 6. The molecule has 0 aliphatic carbocycles. The lowest BCUT2D eigenvalue weighted by Gasteiger charge is -2.48. The fourth-order valence-electron chi connectivity index (χ4n) is 9.79. The van der Waals surface area contributed by atoms with E-state index in [0.29, 0.717) is 43.4 Å². The first-order valence-electron chi connectivity index (χ1n) is 26.9. The van der Waals surface area contributed by atoms with Crippen molar-refractivity contribution in [3.05, 3.63) is 41.7 Å². The topological polar surface area (TPSA) is 79.0 Å². The van der Waals surface area contributed by atoms with Crippen molar-refractivity contribution in [2.24, 2.45) is 0 Å². The summed E-state index contributed by atoms with van der Waals surface area (Å²) in [5.74, 6) is -0.308. The molecule has 1 aromatic rings. The highest BCUT2D eigenvalue weighted by Gasteiger charge is 2.46. The van der Waals surface area contributed by atoms with E-state index >= 15 is 0 Å². The largest absolute Gasteiger partial charge is 0.426 e. The van der Waals surface area contributed by atoms with Crippen LogP contribution >= 0.6 is 0 Å². The Hall–Kier alpha value is -2.58. The maximum atomic E-state index is 14.0. The Balaban J connectivity index is 1.37. The summed E-state index contributed by atoms with van der Waals surface area (Å²) in [7, 11) is 0. The first-order chi connectivity index (χ1) is 30.9. The van der Waals surface area contributed by atoms with Crippen molar-refractivity contribution in [2.75, 3.05) is 32.7 Å². The van der Waals surface area contributed by atoms with Crippen molar-refractivity contribution in [3.63, 3.8) is 0 Å². The zero-order chi connectivity index (χ0) is 45.1. The molecule has 0 spiro atoms. The molecule has 2 fully saturated rings. The van der Waals surface area contributed by atoms with Crippen LogP contribution in [-0.4, -0.2) is 65.8 Å². The number of rotatable bonds is 37. The summed E-state index contributed by atoms with van der Waals surface area (Å²) in [5.41, 5.74) is 0.0452. The van der Waals surface area contributed by atoms with Gasteiger partial charge in [0.05, 0.1) is 0 Å². The van der Waals surface area contributed by atoms with Crippen LogP contribution in [0.25, 0.3) is 5.76 Å². The van der Waals surface area contributed by atoms with E-state index in [1.54, 1.807) is 12.1 Å². The summed E-state index contributed by atoms with van der Waals surface area (Å²) < 4.78 is 19.8. The molecule has 360 valence electrons. The van der Waals surface area contributed by atoms with E-state index in [1.807, 2.05) is 6.08 Å². The molecule has 1 N–H and O–H groups in total. The molecule has 0 radical (unpaired) electrons. The van der Waals surface area contributed by atoms with Gasteiger partial charge < -0.3 is 9.64 Å². The molecule has 1 aromatic carbocycles. The number of unbranched alkanes of at least 4 members (excludes halogenated alkanes) is 26. The first-order valence-corrected chi connectivity index (χ1v) is 26.9. The number of ether oxygens (including phenoxy) is 1. The van der Waals surface area contributed by atoms with Gasteiger partial charge in [0, 0.05) is 38.0 Å². The van der Waals surface area contributed by atoms with E-state index in [9.17, 15) is 18.8 Å².